The average Bonchev–Trinajstić information content (AvgIpc) is 2.19. The molecule has 0 saturated carbocycles. The Morgan fingerprint density at radius 2 is 2.15 bits per heavy atom. The third-order valence-electron chi connectivity index (χ3n) is 2.86. The Bertz CT molecular complexity index is 253. The van der Waals surface area contributed by atoms with Gasteiger partial charge in [0.15, 0.2) is 5.76 Å². The van der Waals surface area contributed by atoms with Crippen molar-refractivity contribution in [2.45, 2.75) is 20.3 Å². The van der Waals surface area contributed by atoms with Crippen molar-refractivity contribution in [3.63, 3.8) is 0 Å². The van der Waals surface area contributed by atoms with Crippen LogP contribution in [-0.2, 0) is 9.47 Å². The Kier molecular flexibility index (Phi) is 2.30. The first-order chi connectivity index (χ1) is 6.33. The summed E-state index contributed by atoms with van der Waals surface area (Å²) in [5, 5.41) is 0. The van der Waals surface area contributed by atoms with E-state index >= 15 is 0 Å². The van der Waals surface area contributed by atoms with Crippen LogP contribution in [0.1, 0.15) is 20.3 Å². The number of allylic oxidation sites excluding steroid dienone is 3. The van der Waals surface area contributed by atoms with Crippen molar-refractivity contribution in [1.82, 2.24) is 0 Å². The SMILES string of the molecule is CCC1C=CC2=C(OCCO2)C1C. The quantitative estimate of drug-likeness (QED) is 0.617. The summed E-state index contributed by atoms with van der Waals surface area (Å²) in [5.74, 6) is 3.09. The standard InChI is InChI=1S/C11H16O2/c1-3-9-4-5-10-11(8(9)2)13-7-6-12-10/h4-5,8-9H,3,6-7H2,1-2H3. The van der Waals surface area contributed by atoms with Gasteiger partial charge in [0, 0.05) is 5.92 Å². The van der Waals surface area contributed by atoms with Crippen LogP contribution in [0.4, 0.5) is 0 Å². The highest BCUT2D eigenvalue weighted by Crippen LogP contribution is 2.34. The summed E-state index contributed by atoms with van der Waals surface area (Å²) < 4.78 is 11.1. The fraction of sp³-hybridized carbons (Fsp3) is 0.636. The Balaban J connectivity index is 2.23. The zero-order valence-electron chi connectivity index (χ0n) is 8.25. The molecule has 1 heterocycles. The van der Waals surface area contributed by atoms with Gasteiger partial charge in [-0.1, -0.05) is 19.9 Å². The Hall–Kier alpha value is -0.920. The summed E-state index contributed by atoms with van der Waals surface area (Å²) >= 11 is 0. The topological polar surface area (TPSA) is 18.5 Å². The van der Waals surface area contributed by atoms with Gasteiger partial charge in [0.2, 0.25) is 0 Å². The second kappa shape index (κ2) is 3.44. The smallest absolute Gasteiger partial charge is 0.157 e. The van der Waals surface area contributed by atoms with Gasteiger partial charge in [-0.3, -0.25) is 0 Å². The summed E-state index contributed by atoms with van der Waals surface area (Å²) in [6.45, 7) is 5.81. The molecule has 1 aliphatic heterocycles. The van der Waals surface area contributed by atoms with E-state index in [9.17, 15) is 0 Å². The molecule has 2 heteroatoms. The predicted octanol–water partition coefficient (Wildman–Crippen LogP) is 2.48. The molecule has 0 aromatic carbocycles. The van der Waals surface area contributed by atoms with E-state index in [1.807, 2.05) is 0 Å². The summed E-state index contributed by atoms with van der Waals surface area (Å²) in [6.07, 6.45) is 5.46. The molecule has 0 radical (unpaired) electrons. The lowest BCUT2D eigenvalue weighted by Gasteiger charge is -2.31. The highest BCUT2D eigenvalue weighted by atomic mass is 16.6. The zero-order chi connectivity index (χ0) is 9.26. The maximum atomic E-state index is 5.63. The molecule has 13 heavy (non-hydrogen) atoms. The van der Waals surface area contributed by atoms with Gasteiger partial charge in [0.05, 0.1) is 0 Å². The first-order valence-electron chi connectivity index (χ1n) is 5.01. The lowest BCUT2D eigenvalue weighted by molar-refractivity contribution is 0.0449. The van der Waals surface area contributed by atoms with E-state index in [4.69, 9.17) is 9.47 Å². The van der Waals surface area contributed by atoms with Crippen LogP contribution >= 0.6 is 0 Å². The van der Waals surface area contributed by atoms with E-state index in [1.165, 1.54) is 0 Å². The summed E-state index contributed by atoms with van der Waals surface area (Å²) in [4.78, 5) is 0. The minimum Gasteiger partial charge on any atom is -0.490 e. The first kappa shape index (κ1) is 8.67. The van der Waals surface area contributed by atoms with Gasteiger partial charge in [-0.15, -0.1) is 0 Å². The normalized spacial score (nSPS) is 32.2. The van der Waals surface area contributed by atoms with Crippen LogP contribution in [0.25, 0.3) is 0 Å². The molecule has 2 rings (SSSR count). The van der Waals surface area contributed by atoms with E-state index < -0.39 is 0 Å². The average molecular weight is 180 g/mol. The third kappa shape index (κ3) is 1.45. The minimum atomic E-state index is 0.477. The van der Waals surface area contributed by atoms with Crippen LogP contribution < -0.4 is 0 Å². The second-order valence-corrected chi connectivity index (χ2v) is 3.65. The number of rotatable bonds is 1. The van der Waals surface area contributed by atoms with E-state index in [0.717, 1.165) is 17.9 Å². The predicted molar refractivity (Wildman–Crippen MR) is 51.0 cm³/mol. The molecule has 0 N–H and O–H groups in total. The van der Waals surface area contributed by atoms with Gasteiger partial charge in [0.25, 0.3) is 0 Å². The molecule has 1 aliphatic carbocycles. The van der Waals surface area contributed by atoms with Crippen molar-refractivity contribution in [3.8, 4) is 0 Å². The van der Waals surface area contributed by atoms with Gasteiger partial charge in [-0.05, 0) is 18.4 Å². The van der Waals surface area contributed by atoms with Gasteiger partial charge < -0.3 is 9.47 Å². The van der Waals surface area contributed by atoms with Gasteiger partial charge in [-0.2, -0.15) is 0 Å². The molecular weight excluding hydrogens is 164 g/mol. The van der Waals surface area contributed by atoms with E-state index in [1.54, 1.807) is 0 Å². The summed E-state index contributed by atoms with van der Waals surface area (Å²) in [5.41, 5.74) is 0. The van der Waals surface area contributed by atoms with Crippen LogP contribution in [0, 0.1) is 11.8 Å². The van der Waals surface area contributed by atoms with E-state index in [2.05, 4.69) is 26.0 Å². The van der Waals surface area contributed by atoms with Crippen molar-refractivity contribution in [1.29, 1.82) is 0 Å². The number of hydrogen-bond acceptors (Lipinski definition) is 2. The molecular formula is C11H16O2. The molecule has 2 unspecified atom stereocenters. The van der Waals surface area contributed by atoms with Crippen molar-refractivity contribution < 1.29 is 9.47 Å². The van der Waals surface area contributed by atoms with E-state index in [0.29, 0.717) is 25.0 Å². The van der Waals surface area contributed by atoms with Gasteiger partial charge in [-0.25, -0.2) is 0 Å². The molecule has 0 aromatic rings. The highest BCUT2D eigenvalue weighted by Gasteiger charge is 2.27. The number of ether oxygens (including phenoxy) is 2. The maximum Gasteiger partial charge on any atom is 0.157 e. The van der Waals surface area contributed by atoms with Crippen molar-refractivity contribution in [3.05, 3.63) is 23.7 Å². The minimum absolute atomic E-state index is 0.477. The number of hydrogen-bond donors (Lipinski definition) is 0. The summed E-state index contributed by atoms with van der Waals surface area (Å²) in [7, 11) is 0. The lowest BCUT2D eigenvalue weighted by Crippen LogP contribution is -2.24. The molecule has 0 aromatic heterocycles. The van der Waals surface area contributed by atoms with Gasteiger partial charge >= 0.3 is 0 Å². The molecule has 0 spiro atoms. The second-order valence-electron chi connectivity index (χ2n) is 3.65. The molecule has 2 nitrogen and oxygen atoms in total. The lowest BCUT2D eigenvalue weighted by atomic mass is 9.85. The van der Waals surface area contributed by atoms with Crippen LogP contribution in [0.5, 0.6) is 0 Å². The van der Waals surface area contributed by atoms with Gasteiger partial charge in [0.1, 0.15) is 19.0 Å². The third-order valence-corrected chi connectivity index (χ3v) is 2.86. The van der Waals surface area contributed by atoms with E-state index in [-0.39, 0.29) is 0 Å². The molecule has 0 saturated heterocycles. The van der Waals surface area contributed by atoms with Crippen LogP contribution in [0.3, 0.4) is 0 Å². The fourth-order valence-electron chi connectivity index (χ4n) is 1.99. The molecule has 0 amide bonds. The Morgan fingerprint density at radius 1 is 1.38 bits per heavy atom. The van der Waals surface area contributed by atoms with Crippen LogP contribution in [0.2, 0.25) is 0 Å². The fourth-order valence-corrected chi connectivity index (χ4v) is 1.99. The summed E-state index contributed by atoms with van der Waals surface area (Å²) in [6, 6.07) is 0. The molecule has 2 atom stereocenters. The Morgan fingerprint density at radius 3 is 2.92 bits per heavy atom. The Labute approximate surface area is 79.2 Å². The molecule has 72 valence electrons. The molecule has 2 aliphatic rings. The first-order valence-corrected chi connectivity index (χ1v) is 5.01. The van der Waals surface area contributed by atoms with Crippen molar-refractivity contribution >= 4 is 0 Å². The zero-order valence-corrected chi connectivity index (χ0v) is 8.25. The maximum absolute atomic E-state index is 5.63. The monoisotopic (exact) mass is 180 g/mol. The van der Waals surface area contributed by atoms with Crippen molar-refractivity contribution in [2.75, 3.05) is 13.2 Å². The molecule has 0 bridgehead atoms. The van der Waals surface area contributed by atoms with Crippen LogP contribution in [0.15, 0.2) is 23.7 Å². The largest absolute Gasteiger partial charge is 0.490 e. The molecule has 0 fully saturated rings. The van der Waals surface area contributed by atoms with Crippen molar-refractivity contribution in [2.24, 2.45) is 11.8 Å². The van der Waals surface area contributed by atoms with Crippen LogP contribution in [-0.4, -0.2) is 13.2 Å². The highest BCUT2D eigenvalue weighted by molar-refractivity contribution is 5.25.